The molecule has 2 aliphatic heterocycles. The van der Waals surface area contributed by atoms with Crippen LogP contribution in [0.15, 0.2) is 0 Å². The second-order valence-electron chi connectivity index (χ2n) is 10.1. The average Bonchev–Trinajstić information content (AvgIpc) is 3.34. The van der Waals surface area contributed by atoms with Crippen molar-refractivity contribution in [2.24, 2.45) is 23.7 Å². The zero-order valence-corrected chi connectivity index (χ0v) is 18.4. The molecule has 172 valence electrons. The Hall–Kier alpha value is -2.07. The minimum absolute atomic E-state index is 0.0823. The van der Waals surface area contributed by atoms with E-state index >= 15 is 0 Å². The standard InChI is InChI=1S/C21H34N6O4/c1-12(2)5-19-23-25-27(24-19)16-8-18(21(30)31)26(11-16)10-13-3-4-14-9-22-17(20(28)29)7-15(14)6-13/h12-18,22H,3-11H2,1-2H3,(H,28,29)(H,30,31)/t13?,14-,15?,16-,17?,18-/m0/s1. The topological polar surface area (TPSA) is 133 Å². The summed E-state index contributed by atoms with van der Waals surface area (Å²) in [7, 11) is 0. The van der Waals surface area contributed by atoms with Crippen LogP contribution in [0.5, 0.6) is 0 Å². The van der Waals surface area contributed by atoms with Gasteiger partial charge >= 0.3 is 11.9 Å². The number of carboxylic acid groups (broad SMARTS) is 2. The number of nitrogens with zero attached hydrogens (tertiary/aromatic N) is 5. The molecule has 6 atom stereocenters. The molecule has 3 aliphatic rings. The number of hydrogen-bond donors (Lipinski definition) is 3. The molecule has 10 heteroatoms. The van der Waals surface area contributed by atoms with E-state index in [-0.39, 0.29) is 6.04 Å². The molecule has 3 unspecified atom stereocenters. The number of piperidine rings is 1. The molecule has 3 fully saturated rings. The summed E-state index contributed by atoms with van der Waals surface area (Å²) in [6.07, 6.45) is 5.03. The van der Waals surface area contributed by atoms with Gasteiger partial charge < -0.3 is 15.5 Å². The van der Waals surface area contributed by atoms with Crippen LogP contribution in [0.2, 0.25) is 0 Å². The van der Waals surface area contributed by atoms with Gasteiger partial charge in [-0.05, 0) is 67.5 Å². The normalized spacial score (nSPS) is 34.0. The van der Waals surface area contributed by atoms with Gasteiger partial charge in [-0.2, -0.15) is 4.80 Å². The lowest BCUT2D eigenvalue weighted by molar-refractivity contribution is -0.143. The zero-order chi connectivity index (χ0) is 22.1. The molecule has 1 aromatic rings. The third-order valence-electron chi connectivity index (χ3n) is 7.26. The molecule has 1 aliphatic carbocycles. The third kappa shape index (κ3) is 5.06. The lowest BCUT2D eigenvalue weighted by Gasteiger charge is -2.42. The van der Waals surface area contributed by atoms with E-state index in [1.807, 2.05) is 0 Å². The molecule has 10 nitrogen and oxygen atoms in total. The molecule has 1 saturated carbocycles. The summed E-state index contributed by atoms with van der Waals surface area (Å²) in [4.78, 5) is 27.0. The maximum Gasteiger partial charge on any atom is 0.321 e. The van der Waals surface area contributed by atoms with Gasteiger partial charge in [-0.3, -0.25) is 14.5 Å². The monoisotopic (exact) mass is 434 g/mol. The van der Waals surface area contributed by atoms with Crippen molar-refractivity contribution in [2.75, 3.05) is 19.6 Å². The molecule has 3 heterocycles. The Kier molecular flexibility index (Phi) is 6.57. The largest absolute Gasteiger partial charge is 0.480 e. The number of hydrogen-bond acceptors (Lipinski definition) is 7. The number of carboxylic acids is 2. The lowest BCUT2D eigenvalue weighted by atomic mass is 9.69. The van der Waals surface area contributed by atoms with E-state index in [1.165, 1.54) is 0 Å². The quantitative estimate of drug-likeness (QED) is 0.576. The van der Waals surface area contributed by atoms with E-state index < -0.39 is 24.0 Å². The summed E-state index contributed by atoms with van der Waals surface area (Å²) in [6.45, 7) is 6.32. The van der Waals surface area contributed by atoms with E-state index in [4.69, 9.17) is 0 Å². The Bertz CT molecular complexity index is 799. The number of aliphatic carboxylic acids is 2. The Morgan fingerprint density at radius 2 is 1.94 bits per heavy atom. The third-order valence-corrected chi connectivity index (χ3v) is 7.26. The van der Waals surface area contributed by atoms with Crippen LogP contribution in [0.25, 0.3) is 0 Å². The maximum absolute atomic E-state index is 11.9. The van der Waals surface area contributed by atoms with Crippen LogP contribution in [0, 0.1) is 23.7 Å². The molecular formula is C21H34N6O4. The van der Waals surface area contributed by atoms with Gasteiger partial charge in [0.15, 0.2) is 5.82 Å². The van der Waals surface area contributed by atoms with Gasteiger partial charge in [0.25, 0.3) is 0 Å². The smallest absolute Gasteiger partial charge is 0.321 e. The first kappa shape index (κ1) is 22.1. The lowest BCUT2D eigenvalue weighted by Crippen LogP contribution is -2.50. The van der Waals surface area contributed by atoms with E-state index in [2.05, 4.69) is 39.5 Å². The van der Waals surface area contributed by atoms with Gasteiger partial charge in [0.1, 0.15) is 12.1 Å². The predicted octanol–water partition coefficient (Wildman–Crippen LogP) is 1.05. The van der Waals surface area contributed by atoms with Crippen molar-refractivity contribution in [3.8, 4) is 0 Å². The maximum atomic E-state index is 11.9. The highest BCUT2D eigenvalue weighted by atomic mass is 16.4. The number of tetrazole rings is 1. The molecule has 0 spiro atoms. The molecule has 0 radical (unpaired) electrons. The minimum Gasteiger partial charge on any atom is -0.480 e. The summed E-state index contributed by atoms with van der Waals surface area (Å²) < 4.78 is 0. The van der Waals surface area contributed by atoms with E-state index in [9.17, 15) is 19.8 Å². The van der Waals surface area contributed by atoms with E-state index in [0.717, 1.165) is 38.8 Å². The van der Waals surface area contributed by atoms with Gasteiger partial charge in [0.05, 0.1) is 6.04 Å². The number of fused-ring (bicyclic) bond motifs is 1. The average molecular weight is 435 g/mol. The highest BCUT2D eigenvalue weighted by molar-refractivity contribution is 5.74. The van der Waals surface area contributed by atoms with Crippen molar-refractivity contribution in [3.05, 3.63) is 5.82 Å². The fraction of sp³-hybridized carbons (Fsp3) is 0.857. The summed E-state index contributed by atoms with van der Waals surface area (Å²) >= 11 is 0. The van der Waals surface area contributed by atoms with Crippen molar-refractivity contribution in [1.29, 1.82) is 0 Å². The van der Waals surface area contributed by atoms with Gasteiger partial charge in [0.2, 0.25) is 0 Å². The van der Waals surface area contributed by atoms with E-state index in [0.29, 0.717) is 48.9 Å². The minimum atomic E-state index is -0.800. The first-order chi connectivity index (χ1) is 14.8. The number of likely N-dealkylation sites (tertiary alicyclic amines) is 1. The zero-order valence-electron chi connectivity index (χ0n) is 18.4. The van der Waals surface area contributed by atoms with Crippen LogP contribution in [0.1, 0.15) is 57.8 Å². The number of rotatable bonds is 7. The van der Waals surface area contributed by atoms with Crippen molar-refractivity contribution < 1.29 is 19.8 Å². The summed E-state index contributed by atoms with van der Waals surface area (Å²) in [6, 6.07) is -1.08. The molecule has 0 bridgehead atoms. The van der Waals surface area contributed by atoms with Crippen molar-refractivity contribution in [3.63, 3.8) is 0 Å². The Morgan fingerprint density at radius 3 is 2.65 bits per heavy atom. The summed E-state index contributed by atoms with van der Waals surface area (Å²) in [5.41, 5.74) is 0. The van der Waals surface area contributed by atoms with Gasteiger partial charge in [-0.15, -0.1) is 10.2 Å². The SMILES string of the molecule is CC(C)Cc1nnn([C@H]2C[C@@H](C(=O)O)N(CC3CC[C@H]4CNC(C(=O)O)CC4C3)C2)n1. The van der Waals surface area contributed by atoms with Crippen LogP contribution in [-0.4, -0.2) is 79.0 Å². The Labute approximate surface area is 182 Å². The summed E-state index contributed by atoms with van der Waals surface area (Å²) in [5, 5.41) is 35.1. The number of carbonyl (C=O) groups is 2. The molecule has 3 N–H and O–H groups in total. The first-order valence-corrected chi connectivity index (χ1v) is 11.5. The predicted molar refractivity (Wildman–Crippen MR) is 111 cm³/mol. The second-order valence-corrected chi connectivity index (χ2v) is 10.1. The highest BCUT2D eigenvalue weighted by Crippen LogP contribution is 2.40. The van der Waals surface area contributed by atoms with Gasteiger partial charge in [-0.25, -0.2) is 0 Å². The summed E-state index contributed by atoms with van der Waals surface area (Å²) in [5.74, 6) is 0.908. The molecule has 1 aromatic heterocycles. The molecule has 4 rings (SSSR count). The number of nitrogens with one attached hydrogen (secondary N) is 1. The van der Waals surface area contributed by atoms with E-state index in [1.54, 1.807) is 4.80 Å². The molecule has 31 heavy (non-hydrogen) atoms. The fourth-order valence-corrected chi connectivity index (χ4v) is 5.71. The van der Waals surface area contributed by atoms with Crippen LogP contribution < -0.4 is 5.32 Å². The van der Waals surface area contributed by atoms with Crippen LogP contribution >= 0.6 is 0 Å². The number of aromatic nitrogens is 4. The van der Waals surface area contributed by atoms with Crippen molar-refractivity contribution in [1.82, 2.24) is 30.4 Å². The molecule has 0 amide bonds. The van der Waals surface area contributed by atoms with Crippen LogP contribution in [-0.2, 0) is 16.0 Å². The van der Waals surface area contributed by atoms with Gasteiger partial charge in [-0.1, -0.05) is 13.8 Å². The molecular weight excluding hydrogens is 400 g/mol. The van der Waals surface area contributed by atoms with Crippen LogP contribution in [0.3, 0.4) is 0 Å². The van der Waals surface area contributed by atoms with Crippen LogP contribution in [0.4, 0.5) is 0 Å². The van der Waals surface area contributed by atoms with Gasteiger partial charge in [0, 0.05) is 19.5 Å². The van der Waals surface area contributed by atoms with Crippen molar-refractivity contribution >= 4 is 11.9 Å². The molecule has 0 aromatic carbocycles. The highest BCUT2D eigenvalue weighted by Gasteiger charge is 2.42. The fourth-order valence-electron chi connectivity index (χ4n) is 5.71. The Balaban J connectivity index is 1.38. The Morgan fingerprint density at radius 1 is 1.13 bits per heavy atom. The van der Waals surface area contributed by atoms with Crippen molar-refractivity contribution in [2.45, 2.75) is 70.5 Å². The first-order valence-electron chi connectivity index (χ1n) is 11.5. The molecule has 2 saturated heterocycles. The second kappa shape index (κ2) is 9.20.